The van der Waals surface area contributed by atoms with E-state index < -0.39 is 0 Å². The molecule has 1 saturated heterocycles. The van der Waals surface area contributed by atoms with E-state index in [-0.39, 0.29) is 23.0 Å². The van der Waals surface area contributed by atoms with Crippen LogP contribution in [0, 0.1) is 0 Å². The van der Waals surface area contributed by atoms with Gasteiger partial charge in [-0.1, -0.05) is 83.9 Å². The highest BCUT2D eigenvalue weighted by Gasteiger charge is 2.39. The van der Waals surface area contributed by atoms with Gasteiger partial charge in [-0.3, -0.25) is 14.0 Å². The average Bonchev–Trinajstić information content (AvgIpc) is 3.62. The first-order valence-corrected chi connectivity index (χ1v) is 16.0. The number of amides is 1. The van der Waals surface area contributed by atoms with Crippen LogP contribution in [0.15, 0.2) is 90.0 Å². The lowest BCUT2D eigenvalue weighted by atomic mass is 9.90. The van der Waals surface area contributed by atoms with Crippen molar-refractivity contribution in [2.24, 2.45) is 5.73 Å². The van der Waals surface area contributed by atoms with Crippen molar-refractivity contribution in [3.63, 3.8) is 0 Å². The normalized spacial score (nSPS) is 17.0. The summed E-state index contributed by atoms with van der Waals surface area (Å²) in [6.07, 6.45) is 7.49. The number of rotatable bonds is 9. The second-order valence-corrected chi connectivity index (χ2v) is 13.0. The summed E-state index contributed by atoms with van der Waals surface area (Å²) >= 11 is 14.4. The fourth-order valence-electron chi connectivity index (χ4n) is 6.18. The lowest BCUT2D eigenvalue weighted by molar-refractivity contribution is -0.119. The SMILES string of the molecule is NC1(Cc2ccc(-c3cccc(-c4ccn5c(=O)c(CNC[C@@H]6CCC(=O)N6)cnc5c4)c3Cl)c(Cl)c2-c2ccccc2)CC1. The third-order valence-electron chi connectivity index (χ3n) is 8.90. The molecule has 2 fully saturated rings. The molecule has 2 aliphatic rings. The van der Waals surface area contributed by atoms with Gasteiger partial charge in [0.1, 0.15) is 5.65 Å². The van der Waals surface area contributed by atoms with E-state index in [1.54, 1.807) is 16.8 Å². The van der Waals surface area contributed by atoms with Crippen LogP contribution in [-0.2, 0) is 17.8 Å². The Morgan fingerprint density at radius 3 is 2.44 bits per heavy atom. The highest BCUT2D eigenvalue weighted by Crippen LogP contribution is 2.46. The molecule has 1 aliphatic heterocycles. The number of benzene rings is 3. The van der Waals surface area contributed by atoms with E-state index >= 15 is 0 Å². The van der Waals surface area contributed by atoms with Gasteiger partial charge in [-0.25, -0.2) is 4.98 Å². The maximum atomic E-state index is 13.2. The number of pyridine rings is 1. The Morgan fingerprint density at radius 1 is 0.911 bits per heavy atom. The van der Waals surface area contributed by atoms with Crippen molar-refractivity contribution in [3.05, 3.63) is 117 Å². The fraction of sp³-hybridized carbons (Fsp3) is 0.250. The van der Waals surface area contributed by atoms with Crippen LogP contribution in [0.4, 0.5) is 0 Å². The van der Waals surface area contributed by atoms with E-state index in [2.05, 4.69) is 33.8 Å². The highest BCUT2D eigenvalue weighted by atomic mass is 35.5. The number of hydrogen-bond donors (Lipinski definition) is 3. The van der Waals surface area contributed by atoms with Gasteiger partial charge in [0.05, 0.1) is 10.0 Å². The number of hydrogen-bond acceptors (Lipinski definition) is 5. The summed E-state index contributed by atoms with van der Waals surface area (Å²) < 4.78 is 1.54. The summed E-state index contributed by atoms with van der Waals surface area (Å²) in [7, 11) is 0. The number of aromatic nitrogens is 2. The maximum Gasteiger partial charge on any atom is 0.262 e. The average molecular weight is 639 g/mol. The standard InChI is InChI=1S/C36H33Cl2N5O2/c37-33-27(23-13-16-43-30(17-23)41-20-25(35(43)45)19-40-21-26-10-12-31(44)42-26)7-4-8-28(33)29-11-9-24(18-36(39)14-15-36)32(34(29)38)22-5-2-1-3-6-22/h1-9,11,13,16-17,20,26,40H,10,12,14-15,18-19,21,39H2,(H,42,44)/t26-/m0/s1. The molecular formula is C36H33Cl2N5O2. The van der Waals surface area contributed by atoms with Crippen LogP contribution in [0.1, 0.15) is 36.8 Å². The topological polar surface area (TPSA) is 102 Å². The highest BCUT2D eigenvalue weighted by molar-refractivity contribution is 6.39. The van der Waals surface area contributed by atoms with E-state index in [9.17, 15) is 9.59 Å². The van der Waals surface area contributed by atoms with Crippen molar-refractivity contribution < 1.29 is 4.79 Å². The Labute approximate surface area is 271 Å². The van der Waals surface area contributed by atoms with Gasteiger partial charge in [0, 0.05) is 71.3 Å². The zero-order valence-electron chi connectivity index (χ0n) is 24.7. The van der Waals surface area contributed by atoms with Crippen LogP contribution < -0.4 is 21.9 Å². The monoisotopic (exact) mass is 637 g/mol. The molecule has 45 heavy (non-hydrogen) atoms. The number of nitrogens with one attached hydrogen (secondary N) is 2. The predicted octanol–water partition coefficient (Wildman–Crippen LogP) is 6.40. The van der Waals surface area contributed by atoms with Crippen LogP contribution in [0.25, 0.3) is 39.0 Å². The fourth-order valence-corrected chi connectivity index (χ4v) is 6.91. The summed E-state index contributed by atoms with van der Waals surface area (Å²) in [5.41, 5.74) is 13.8. The van der Waals surface area contributed by atoms with Crippen LogP contribution in [0.2, 0.25) is 10.0 Å². The summed E-state index contributed by atoms with van der Waals surface area (Å²) in [6, 6.07) is 24.1. The first-order valence-electron chi connectivity index (χ1n) is 15.2. The molecule has 4 N–H and O–H groups in total. The molecule has 1 amide bonds. The van der Waals surface area contributed by atoms with Gasteiger partial charge in [-0.15, -0.1) is 0 Å². The van der Waals surface area contributed by atoms with Crippen molar-refractivity contribution in [1.29, 1.82) is 0 Å². The summed E-state index contributed by atoms with van der Waals surface area (Å²) in [5, 5.41) is 7.41. The first-order chi connectivity index (χ1) is 21.8. The van der Waals surface area contributed by atoms with Crippen molar-refractivity contribution in [2.45, 2.75) is 50.2 Å². The smallest absolute Gasteiger partial charge is 0.262 e. The molecule has 7 nitrogen and oxygen atoms in total. The second kappa shape index (κ2) is 12.1. The number of carbonyl (C=O) groups is 1. The molecule has 9 heteroatoms. The molecule has 1 atom stereocenters. The van der Waals surface area contributed by atoms with Crippen molar-refractivity contribution in [1.82, 2.24) is 20.0 Å². The summed E-state index contributed by atoms with van der Waals surface area (Å²) in [5.74, 6) is 0.0718. The van der Waals surface area contributed by atoms with Gasteiger partial charge < -0.3 is 16.4 Å². The number of halogens is 2. The zero-order valence-corrected chi connectivity index (χ0v) is 26.2. The molecular weight excluding hydrogens is 605 g/mol. The lowest BCUT2D eigenvalue weighted by Gasteiger charge is -2.19. The van der Waals surface area contributed by atoms with Crippen LogP contribution in [0.5, 0.6) is 0 Å². The largest absolute Gasteiger partial charge is 0.352 e. The lowest BCUT2D eigenvalue weighted by Crippen LogP contribution is -2.36. The Morgan fingerprint density at radius 2 is 1.69 bits per heavy atom. The molecule has 0 radical (unpaired) electrons. The molecule has 228 valence electrons. The molecule has 0 unspecified atom stereocenters. The van der Waals surface area contributed by atoms with E-state index in [1.165, 1.54) is 0 Å². The first kappa shape index (κ1) is 29.7. The predicted molar refractivity (Wildman–Crippen MR) is 181 cm³/mol. The molecule has 0 spiro atoms. The van der Waals surface area contributed by atoms with Crippen molar-refractivity contribution in [2.75, 3.05) is 6.54 Å². The van der Waals surface area contributed by atoms with Gasteiger partial charge in [0.25, 0.3) is 5.56 Å². The van der Waals surface area contributed by atoms with Crippen molar-refractivity contribution in [3.8, 4) is 33.4 Å². The van der Waals surface area contributed by atoms with Gasteiger partial charge in [-0.05, 0) is 54.5 Å². The van der Waals surface area contributed by atoms with Gasteiger partial charge in [0.2, 0.25) is 5.91 Å². The molecule has 7 rings (SSSR count). The van der Waals surface area contributed by atoms with Gasteiger partial charge >= 0.3 is 0 Å². The van der Waals surface area contributed by atoms with Gasteiger partial charge in [0.15, 0.2) is 0 Å². The second-order valence-electron chi connectivity index (χ2n) is 12.2. The van der Waals surface area contributed by atoms with E-state index in [0.717, 1.165) is 64.6 Å². The van der Waals surface area contributed by atoms with Gasteiger partial charge in [-0.2, -0.15) is 0 Å². The third-order valence-corrected chi connectivity index (χ3v) is 9.70. The van der Waals surface area contributed by atoms with Crippen LogP contribution in [0.3, 0.4) is 0 Å². The number of fused-ring (bicyclic) bond motifs is 1. The Hall–Kier alpha value is -4.01. The summed E-state index contributed by atoms with van der Waals surface area (Å²) in [4.78, 5) is 29.3. The van der Waals surface area contributed by atoms with Crippen LogP contribution in [-0.4, -0.2) is 33.4 Å². The quantitative estimate of drug-likeness (QED) is 0.173. The number of nitrogens with zero attached hydrogens (tertiary/aromatic N) is 2. The van der Waals surface area contributed by atoms with Crippen molar-refractivity contribution >= 4 is 34.8 Å². The Bertz CT molecular complexity index is 1990. The minimum absolute atomic E-state index is 0.0718. The molecule has 1 aliphatic carbocycles. The Kier molecular flexibility index (Phi) is 7.96. The third kappa shape index (κ3) is 6.01. The minimum Gasteiger partial charge on any atom is -0.352 e. The summed E-state index contributed by atoms with van der Waals surface area (Å²) in [6.45, 7) is 0.975. The molecule has 3 heterocycles. The number of nitrogens with two attached hydrogens (primary N) is 1. The Balaban J connectivity index is 1.20. The van der Waals surface area contributed by atoms with Crippen LogP contribution >= 0.6 is 23.2 Å². The van der Waals surface area contributed by atoms with E-state index in [0.29, 0.717) is 40.8 Å². The molecule has 1 saturated carbocycles. The van der Waals surface area contributed by atoms with E-state index in [1.807, 2.05) is 54.6 Å². The molecule has 2 aromatic heterocycles. The molecule has 0 bridgehead atoms. The molecule has 3 aromatic carbocycles. The molecule has 5 aromatic rings. The maximum absolute atomic E-state index is 13.2. The zero-order chi connectivity index (χ0) is 31.1. The van der Waals surface area contributed by atoms with E-state index in [4.69, 9.17) is 28.9 Å². The number of carbonyl (C=O) groups excluding carboxylic acids is 1. The minimum atomic E-state index is -0.163.